The average molecular weight is 197 g/mol. The number of nitrogens with one attached hydrogen (secondary N) is 1. The molecule has 0 amide bonds. The van der Waals surface area contributed by atoms with Crippen molar-refractivity contribution in [3.63, 3.8) is 0 Å². The van der Waals surface area contributed by atoms with Gasteiger partial charge in [-0.1, -0.05) is 25.5 Å². The first-order valence-corrected chi connectivity index (χ1v) is 5.65. The molecule has 1 saturated carbocycles. The van der Waals surface area contributed by atoms with Gasteiger partial charge in [0, 0.05) is 12.6 Å². The van der Waals surface area contributed by atoms with Crippen molar-refractivity contribution in [1.82, 2.24) is 5.32 Å². The Labute approximate surface area is 87.7 Å². The molecule has 2 heteroatoms. The molecule has 0 saturated heterocycles. The van der Waals surface area contributed by atoms with Gasteiger partial charge in [-0.15, -0.1) is 0 Å². The molecule has 1 N–H and O–H groups in total. The Kier molecular flexibility index (Phi) is 5.20. The second-order valence-electron chi connectivity index (χ2n) is 4.48. The summed E-state index contributed by atoms with van der Waals surface area (Å²) in [5, 5.41) is 3.55. The molecule has 0 radical (unpaired) electrons. The number of ether oxygens (including phenoxy) is 1. The van der Waals surface area contributed by atoms with E-state index in [2.05, 4.69) is 18.8 Å². The van der Waals surface area contributed by atoms with Crippen LogP contribution in [0.5, 0.6) is 0 Å². The molecule has 1 aliphatic carbocycles. The summed E-state index contributed by atoms with van der Waals surface area (Å²) in [5.74, 6) is 0.844. The Morgan fingerprint density at radius 2 is 2.29 bits per heavy atom. The third-order valence-corrected chi connectivity index (χ3v) is 2.86. The van der Waals surface area contributed by atoms with E-state index in [1.807, 2.05) is 6.92 Å². The van der Waals surface area contributed by atoms with Crippen molar-refractivity contribution >= 4 is 0 Å². The van der Waals surface area contributed by atoms with Crippen LogP contribution in [0.4, 0.5) is 0 Å². The minimum Gasteiger partial charge on any atom is -0.376 e. The SMILES string of the molecule is C=C(C)COCCNC1CCCC1C. The van der Waals surface area contributed by atoms with Gasteiger partial charge in [0.2, 0.25) is 0 Å². The van der Waals surface area contributed by atoms with Crippen molar-refractivity contribution in [3.05, 3.63) is 12.2 Å². The standard InChI is InChI=1S/C12H23NO/c1-10(2)9-14-8-7-13-12-6-4-5-11(12)3/h11-13H,1,4-9H2,2-3H3. The van der Waals surface area contributed by atoms with Gasteiger partial charge in [-0.3, -0.25) is 0 Å². The van der Waals surface area contributed by atoms with Crippen LogP contribution in [-0.4, -0.2) is 25.8 Å². The summed E-state index contributed by atoms with van der Waals surface area (Å²) >= 11 is 0. The van der Waals surface area contributed by atoms with Gasteiger partial charge in [-0.2, -0.15) is 0 Å². The Bertz CT molecular complexity index is 179. The van der Waals surface area contributed by atoms with Crippen molar-refractivity contribution in [2.45, 2.75) is 39.2 Å². The Morgan fingerprint density at radius 3 is 2.86 bits per heavy atom. The molecule has 0 aromatic carbocycles. The largest absolute Gasteiger partial charge is 0.376 e. The maximum Gasteiger partial charge on any atom is 0.0672 e. The van der Waals surface area contributed by atoms with Crippen molar-refractivity contribution in [3.8, 4) is 0 Å². The van der Waals surface area contributed by atoms with Crippen molar-refractivity contribution in [2.75, 3.05) is 19.8 Å². The van der Waals surface area contributed by atoms with Crippen LogP contribution in [0.25, 0.3) is 0 Å². The van der Waals surface area contributed by atoms with E-state index in [1.165, 1.54) is 19.3 Å². The van der Waals surface area contributed by atoms with Gasteiger partial charge in [0.15, 0.2) is 0 Å². The lowest BCUT2D eigenvalue weighted by Crippen LogP contribution is -2.33. The topological polar surface area (TPSA) is 21.3 Å². The number of rotatable bonds is 6. The van der Waals surface area contributed by atoms with Crippen LogP contribution < -0.4 is 5.32 Å². The lowest BCUT2D eigenvalue weighted by atomic mass is 10.1. The highest BCUT2D eigenvalue weighted by atomic mass is 16.5. The Balaban J connectivity index is 1.95. The Morgan fingerprint density at radius 1 is 1.50 bits per heavy atom. The summed E-state index contributed by atoms with van der Waals surface area (Å²) in [6.07, 6.45) is 4.09. The second-order valence-corrected chi connectivity index (χ2v) is 4.48. The molecule has 1 rings (SSSR count). The average Bonchev–Trinajstić information content (AvgIpc) is 2.51. The van der Waals surface area contributed by atoms with E-state index < -0.39 is 0 Å². The molecule has 2 nitrogen and oxygen atoms in total. The monoisotopic (exact) mass is 197 g/mol. The first kappa shape index (κ1) is 11.7. The second kappa shape index (κ2) is 6.20. The summed E-state index contributed by atoms with van der Waals surface area (Å²) in [6, 6.07) is 0.725. The molecule has 14 heavy (non-hydrogen) atoms. The van der Waals surface area contributed by atoms with E-state index in [-0.39, 0.29) is 0 Å². The predicted octanol–water partition coefficient (Wildman–Crippen LogP) is 2.36. The lowest BCUT2D eigenvalue weighted by Gasteiger charge is -2.17. The van der Waals surface area contributed by atoms with Crippen LogP contribution in [0.2, 0.25) is 0 Å². The normalized spacial score (nSPS) is 26.7. The Hall–Kier alpha value is -0.340. The van der Waals surface area contributed by atoms with E-state index in [0.717, 1.165) is 30.7 Å². The fourth-order valence-corrected chi connectivity index (χ4v) is 2.01. The van der Waals surface area contributed by atoms with Gasteiger partial charge >= 0.3 is 0 Å². The first-order valence-electron chi connectivity index (χ1n) is 5.65. The highest BCUT2D eigenvalue weighted by molar-refractivity contribution is 4.87. The molecular formula is C12H23NO. The predicted molar refractivity (Wildman–Crippen MR) is 60.4 cm³/mol. The van der Waals surface area contributed by atoms with Crippen LogP contribution in [0.15, 0.2) is 12.2 Å². The molecule has 2 unspecified atom stereocenters. The maximum absolute atomic E-state index is 5.43. The van der Waals surface area contributed by atoms with E-state index in [0.29, 0.717) is 6.61 Å². The van der Waals surface area contributed by atoms with Crippen LogP contribution in [0, 0.1) is 5.92 Å². The minimum atomic E-state index is 0.696. The van der Waals surface area contributed by atoms with Crippen molar-refractivity contribution < 1.29 is 4.74 Å². The molecular weight excluding hydrogens is 174 g/mol. The maximum atomic E-state index is 5.43. The summed E-state index contributed by atoms with van der Waals surface area (Å²) in [7, 11) is 0. The zero-order chi connectivity index (χ0) is 10.4. The van der Waals surface area contributed by atoms with Crippen molar-refractivity contribution in [2.24, 2.45) is 5.92 Å². The van der Waals surface area contributed by atoms with E-state index in [1.54, 1.807) is 0 Å². The van der Waals surface area contributed by atoms with Crippen molar-refractivity contribution in [1.29, 1.82) is 0 Å². The third-order valence-electron chi connectivity index (χ3n) is 2.86. The van der Waals surface area contributed by atoms with Gasteiger partial charge < -0.3 is 10.1 Å². The molecule has 82 valence electrons. The van der Waals surface area contributed by atoms with Gasteiger partial charge in [0.05, 0.1) is 13.2 Å². The van der Waals surface area contributed by atoms with Gasteiger partial charge in [0.1, 0.15) is 0 Å². The third kappa shape index (κ3) is 4.25. The van der Waals surface area contributed by atoms with E-state index in [9.17, 15) is 0 Å². The summed E-state index contributed by atoms with van der Waals surface area (Å²) in [4.78, 5) is 0. The minimum absolute atomic E-state index is 0.696. The fourth-order valence-electron chi connectivity index (χ4n) is 2.01. The molecule has 1 fully saturated rings. The highest BCUT2D eigenvalue weighted by Crippen LogP contribution is 2.24. The molecule has 0 aromatic heterocycles. The number of hydrogen-bond acceptors (Lipinski definition) is 2. The molecule has 2 atom stereocenters. The van der Waals surface area contributed by atoms with Crippen LogP contribution in [-0.2, 0) is 4.74 Å². The van der Waals surface area contributed by atoms with E-state index in [4.69, 9.17) is 4.74 Å². The number of hydrogen-bond donors (Lipinski definition) is 1. The van der Waals surface area contributed by atoms with E-state index >= 15 is 0 Å². The molecule has 0 aliphatic heterocycles. The lowest BCUT2D eigenvalue weighted by molar-refractivity contribution is 0.154. The van der Waals surface area contributed by atoms with Gasteiger partial charge in [-0.05, 0) is 25.7 Å². The first-order chi connectivity index (χ1) is 6.70. The molecule has 0 bridgehead atoms. The quantitative estimate of drug-likeness (QED) is 0.521. The van der Waals surface area contributed by atoms with Gasteiger partial charge in [-0.25, -0.2) is 0 Å². The van der Waals surface area contributed by atoms with Crippen LogP contribution in [0.3, 0.4) is 0 Å². The zero-order valence-electron chi connectivity index (χ0n) is 9.51. The molecule has 0 spiro atoms. The summed E-state index contributed by atoms with van der Waals surface area (Å²) in [5.41, 5.74) is 1.10. The molecule has 0 aromatic rings. The molecule has 0 heterocycles. The van der Waals surface area contributed by atoms with Crippen LogP contribution in [0.1, 0.15) is 33.1 Å². The smallest absolute Gasteiger partial charge is 0.0672 e. The zero-order valence-corrected chi connectivity index (χ0v) is 9.51. The highest BCUT2D eigenvalue weighted by Gasteiger charge is 2.21. The molecule has 1 aliphatic rings. The summed E-state index contributed by atoms with van der Waals surface area (Å²) < 4.78 is 5.43. The van der Waals surface area contributed by atoms with Gasteiger partial charge in [0.25, 0.3) is 0 Å². The van der Waals surface area contributed by atoms with Crippen LogP contribution >= 0.6 is 0 Å². The summed E-state index contributed by atoms with van der Waals surface area (Å²) in [6.45, 7) is 10.6. The fraction of sp³-hybridized carbons (Fsp3) is 0.833.